The fourth-order valence-corrected chi connectivity index (χ4v) is 1.57. The highest BCUT2D eigenvalue weighted by Gasteiger charge is 2.07. The first-order valence-electron chi connectivity index (χ1n) is 6.15. The summed E-state index contributed by atoms with van der Waals surface area (Å²) in [6, 6.07) is 4.31. The van der Waals surface area contributed by atoms with Crippen molar-refractivity contribution in [1.82, 2.24) is 0 Å². The molecule has 0 amide bonds. The summed E-state index contributed by atoms with van der Waals surface area (Å²) in [6.45, 7) is 4.68. The number of rotatable bonds is 6. The number of phenolic OH excluding ortho intramolecular Hbond substituents is 2. The van der Waals surface area contributed by atoms with Gasteiger partial charge in [-0.1, -0.05) is 19.9 Å². The number of carbonyl (C=O) groups excluding carboxylic acids is 1. The molecule has 0 aliphatic rings. The molecule has 1 rings (SSSR count). The summed E-state index contributed by atoms with van der Waals surface area (Å²) in [4.78, 5) is 11.5. The SMILES string of the molecule is CC(C)CCCOC(=O)Cc1ccc(O)c(O)c1. The lowest BCUT2D eigenvalue weighted by atomic mass is 10.1. The molecular weight excluding hydrogens is 232 g/mol. The fourth-order valence-electron chi connectivity index (χ4n) is 1.57. The van der Waals surface area contributed by atoms with Gasteiger partial charge < -0.3 is 14.9 Å². The van der Waals surface area contributed by atoms with Crippen molar-refractivity contribution in [3.05, 3.63) is 23.8 Å². The number of hydrogen-bond acceptors (Lipinski definition) is 4. The van der Waals surface area contributed by atoms with Gasteiger partial charge in [-0.15, -0.1) is 0 Å². The van der Waals surface area contributed by atoms with Crippen LogP contribution < -0.4 is 0 Å². The molecule has 1 aromatic carbocycles. The third-order valence-corrected chi connectivity index (χ3v) is 2.58. The van der Waals surface area contributed by atoms with Gasteiger partial charge in [0.15, 0.2) is 11.5 Å². The number of ether oxygens (including phenoxy) is 1. The molecule has 4 heteroatoms. The van der Waals surface area contributed by atoms with Gasteiger partial charge in [0.25, 0.3) is 0 Å². The third kappa shape index (κ3) is 5.08. The van der Waals surface area contributed by atoms with E-state index in [-0.39, 0.29) is 23.9 Å². The molecule has 0 aliphatic heterocycles. The topological polar surface area (TPSA) is 66.8 Å². The van der Waals surface area contributed by atoms with Crippen LogP contribution in [-0.4, -0.2) is 22.8 Å². The largest absolute Gasteiger partial charge is 0.504 e. The Morgan fingerprint density at radius 1 is 1.28 bits per heavy atom. The lowest BCUT2D eigenvalue weighted by Crippen LogP contribution is -2.09. The average Bonchev–Trinajstić information content (AvgIpc) is 2.29. The van der Waals surface area contributed by atoms with Crippen molar-refractivity contribution in [3.63, 3.8) is 0 Å². The standard InChI is InChI=1S/C14H20O4/c1-10(2)4-3-7-18-14(17)9-11-5-6-12(15)13(16)8-11/h5-6,8,10,15-16H,3-4,7,9H2,1-2H3. The Balaban J connectivity index is 2.33. The van der Waals surface area contributed by atoms with Crippen molar-refractivity contribution in [1.29, 1.82) is 0 Å². The summed E-state index contributed by atoms with van der Waals surface area (Å²) in [6.07, 6.45) is 2.01. The lowest BCUT2D eigenvalue weighted by molar-refractivity contribution is -0.143. The summed E-state index contributed by atoms with van der Waals surface area (Å²) < 4.78 is 5.08. The normalized spacial score (nSPS) is 10.6. The zero-order chi connectivity index (χ0) is 13.5. The van der Waals surface area contributed by atoms with E-state index in [1.54, 1.807) is 6.07 Å². The highest BCUT2D eigenvalue weighted by Crippen LogP contribution is 2.25. The summed E-state index contributed by atoms with van der Waals surface area (Å²) in [5.41, 5.74) is 0.624. The summed E-state index contributed by atoms with van der Waals surface area (Å²) in [5, 5.41) is 18.4. The molecule has 0 unspecified atom stereocenters. The third-order valence-electron chi connectivity index (χ3n) is 2.58. The van der Waals surface area contributed by atoms with Crippen LogP contribution in [0.25, 0.3) is 0 Å². The van der Waals surface area contributed by atoms with E-state index in [2.05, 4.69) is 13.8 Å². The second-order valence-electron chi connectivity index (χ2n) is 4.76. The molecule has 0 saturated carbocycles. The first-order chi connectivity index (χ1) is 8.49. The molecule has 0 spiro atoms. The van der Waals surface area contributed by atoms with Crippen LogP contribution in [0.2, 0.25) is 0 Å². The molecule has 4 nitrogen and oxygen atoms in total. The van der Waals surface area contributed by atoms with E-state index < -0.39 is 0 Å². The Hall–Kier alpha value is -1.71. The highest BCUT2D eigenvalue weighted by atomic mass is 16.5. The van der Waals surface area contributed by atoms with Crippen LogP contribution >= 0.6 is 0 Å². The van der Waals surface area contributed by atoms with E-state index >= 15 is 0 Å². The van der Waals surface area contributed by atoms with E-state index in [1.807, 2.05) is 0 Å². The van der Waals surface area contributed by atoms with Gasteiger partial charge in [0, 0.05) is 0 Å². The first kappa shape index (κ1) is 14.4. The Bertz CT molecular complexity index is 399. The molecule has 100 valence electrons. The molecule has 0 atom stereocenters. The van der Waals surface area contributed by atoms with Gasteiger partial charge in [-0.05, 0) is 36.5 Å². The van der Waals surface area contributed by atoms with Crippen molar-refractivity contribution in [2.45, 2.75) is 33.1 Å². The number of esters is 1. The minimum Gasteiger partial charge on any atom is -0.504 e. The Kier molecular flexibility index (Phi) is 5.49. The molecule has 0 fully saturated rings. The van der Waals surface area contributed by atoms with Crippen molar-refractivity contribution < 1.29 is 19.7 Å². The van der Waals surface area contributed by atoms with Crippen LogP contribution in [0.4, 0.5) is 0 Å². The zero-order valence-electron chi connectivity index (χ0n) is 10.8. The summed E-state index contributed by atoms with van der Waals surface area (Å²) in [5.74, 6) is -0.120. The monoisotopic (exact) mass is 252 g/mol. The molecule has 0 aromatic heterocycles. The van der Waals surface area contributed by atoms with Crippen molar-refractivity contribution in [2.24, 2.45) is 5.92 Å². The van der Waals surface area contributed by atoms with Gasteiger partial charge in [0.2, 0.25) is 0 Å². The van der Waals surface area contributed by atoms with E-state index in [1.165, 1.54) is 12.1 Å². The van der Waals surface area contributed by atoms with Crippen LogP contribution in [0, 0.1) is 5.92 Å². The lowest BCUT2D eigenvalue weighted by Gasteiger charge is -2.07. The Morgan fingerprint density at radius 2 is 2.00 bits per heavy atom. The van der Waals surface area contributed by atoms with E-state index in [9.17, 15) is 9.90 Å². The fraction of sp³-hybridized carbons (Fsp3) is 0.500. The minimum absolute atomic E-state index is 0.107. The van der Waals surface area contributed by atoms with Gasteiger partial charge in [-0.3, -0.25) is 4.79 Å². The van der Waals surface area contributed by atoms with Crippen molar-refractivity contribution in [2.75, 3.05) is 6.61 Å². The molecule has 1 aromatic rings. The smallest absolute Gasteiger partial charge is 0.310 e. The van der Waals surface area contributed by atoms with Crippen LogP contribution in [0.15, 0.2) is 18.2 Å². The molecule has 18 heavy (non-hydrogen) atoms. The Morgan fingerprint density at radius 3 is 2.61 bits per heavy atom. The highest BCUT2D eigenvalue weighted by molar-refractivity contribution is 5.72. The number of benzene rings is 1. The second-order valence-corrected chi connectivity index (χ2v) is 4.76. The molecule has 0 bridgehead atoms. The van der Waals surface area contributed by atoms with Crippen molar-refractivity contribution in [3.8, 4) is 11.5 Å². The number of phenols is 2. The number of aromatic hydroxyl groups is 2. The van der Waals surface area contributed by atoms with Crippen LogP contribution in [0.5, 0.6) is 11.5 Å². The zero-order valence-corrected chi connectivity index (χ0v) is 10.8. The maximum atomic E-state index is 11.5. The second kappa shape index (κ2) is 6.89. The van der Waals surface area contributed by atoms with Gasteiger partial charge in [-0.25, -0.2) is 0 Å². The number of hydrogen-bond donors (Lipinski definition) is 2. The quantitative estimate of drug-likeness (QED) is 0.464. The van der Waals surface area contributed by atoms with E-state index in [4.69, 9.17) is 9.84 Å². The van der Waals surface area contributed by atoms with Crippen molar-refractivity contribution >= 4 is 5.97 Å². The predicted molar refractivity (Wildman–Crippen MR) is 68.5 cm³/mol. The van der Waals surface area contributed by atoms with Crippen LogP contribution in [0.1, 0.15) is 32.3 Å². The Labute approximate surface area is 107 Å². The molecule has 0 aliphatic carbocycles. The molecule has 2 N–H and O–H groups in total. The van der Waals surface area contributed by atoms with Gasteiger partial charge >= 0.3 is 5.97 Å². The van der Waals surface area contributed by atoms with Gasteiger partial charge in [0.05, 0.1) is 13.0 Å². The van der Waals surface area contributed by atoms with Crippen LogP contribution in [-0.2, 0) is 16.0 Å². The molecule has 0 saturated heterocycles. The summed E-state index contributed by atoms with van der Waals surface area (Å²) in [7, 11) is 0. The number of carbonyl (C=O) groups is 1. The van der Waals surface area contributed by atoms with E-state index in [0.717, 1.165) is 12.8 Å². The molecule has 0 radical (unpaired) electrons. The average molecular weight is 252 g/mol. The van der Waals surface area contributed by atoms with E-state index in [0.29, 0.717) is 18.1 Å². The minimum atomic E-state index is -0.316. The molecular formula is C14H20O4. The molecule has 0 heterocycles. The maximum absolute atomic E-state index is 11.5. The van der Waals surface area contributed by atoms with Gasteiger partial charge in [0.1, 0.15) is 0 Å². The predicted octanol–water partition coefficient (Wildman–Crippen LogP) is 2.62. The summed E-state index contributed by atoms with van der Waals surface area (Å²) >= 11 is 0. The maximum Gasteiger partial charge on any atom is 0.310 e. The van der Waals surface area contributed by atoms with Gasteiger partial charge in [-0.2, -0.15) is 0 Å². The van der Waals surface area contributed by atoms with Crippen LogP contribution in [0.3, 0.4) is 0 Å². The first-order valence-corrected chi connectivity index (χ1v) is 6.15.